The summed E-state index contributed by atoms with van der Waals surface area (Å²) in [5.41, 5.74) is 3.02. The van der Waals surface area contributed by atoms with Crippen molar-refractivity contribution < 1.29 is 19.4 Å². The number of rotatable bonds is 8. The molecule has 6 heteroatoms. The van der Waals surface area contributed by atoms with Gasteiger partial charge in [0.2, 0.25) is 0 Å². The molecule has 0 unspecified atom stereocenters. The Labute approximate surface area is 146 Å². The van der Waals surface area contributed by atoms with E-state index in [4.69, 9.17) is 26.2 Å². The molecule has 2 aromatic carbocycles. The summed E-state index contributed by atoms with van der Waals surface area (Å²) in [4.78, 5) is 10.5. The number of nitrogens with one attached hydrogen (secondary N) is 1. The average molecular weight is 350 g/mol. The van der Waals surface area contributed by atoms with Crippen LogP contribution in [0, 0.1) is 6.92 Å². The lowest BCUT2D eigenvalue weighted by Crippen LogP contribution is -2.21. The maximum absolute atomic E-state index is 10.5. The van der Waals surface area contributed by atoms with Crippen LogP contribution in [0.2, 0.25) is 5.02 Å². The summed E-state index contributed by atoms with van der Waals surface area (Å²) >= 11 is 6.30. The lowest BCUT2D eigenvalue weighted by Gasteiger charge is -2.14. The van der Waals surface area contributed by atoms with Gasteiger partial charge in [0.25, 0.3) is 0 Å². The molecule has 0 atom stereocenters. The zero-order valence-corrected chi connectivity index (χ0v) is 14.4. The third-order valence-electron chi connectivity index (χ3n) is 3.36. The smallest absolute Gasteiger partial charge is 0.317 e. The van der Waals surface area contributed by atoms with Crippen molar-refractivity contribution in [2.24, 2.45) is 0 Å². The number of carbonyl (C=O) groups is 1. The van der Waals surface area contributed by atoms with Crippen LogP contribution in [0.5, 0.6) is 11.5 Å². The van der Waals surface area contributed by atoms with Gasteiger partial charge in [-0.05, 0) is 30.2 Å². The van der Waals surface area contributed by atoms with Gasteiger partial charge in [-0.2, -0.15) is 0 Å². The van der Waals surface area contributed by atoms with E-state index in [-0.39, 0.29) is 6.54 Å². The largest absolute Gasteiger partial charge is 0.493 e. The first-order chi connectivity index (χ1) is 11.5. The first kappa shape index (κ1) is 18.1. The third-order valence-corrected chi connectivity index (χ3v) is 3.64. The van der Waals surface area contributed by atoms with Crippen molar-refractivity contribution in [2.75, 3.05) is 13.7 Å². The maximum Gasteiger partial charge on any atom is 0.317 e. The van der Waals surface area contributed by atoms with Crippen LogP contribution in [-0.4, -0.2) is 24.7 Å². The number of hydrogen-bond acceptors (Lipinski definition) is 4. The summed E-state index contributed by atoms with van der Waals surface area (Å²) in [5.74, 6) is 0.0797. The van der Waals surface area contributed by atoms with Crippen molar-refractivity contribution in [3.8, 4) is 11.5 Å². The summed E-state index contributed by atoms with van der Waals surface area (Å²) in [5, 5.41) is 11.9. The second-order valence-electron chi connectivity index (χ2n) is 5.38. The molecule has 0 aliphatic carbocycles. The molecule has 0 amide bonds. The Morgan fingerprint density at radius 2 is 2.04 bits per heavy atom. The Bertz CT molecular complexity index is 718. The molecule has 0 spiro atoms. The molecule has 2 rings (SSSR count). The molecular weight excluding hydrogens is 330 g/mol. The van der Waals surface area contributed by atoms with E-state index in [9.17, 15) is 4.79 Å². The molecule has 0 heterocycles. The van der Waals surface area contributed by atoms with Gasteiger partial charge in [-0.25, -0.2) is 0 Å². The fraction of sp³-hybridized carbons (Fsp3) is 0.278. The highest BCUT2D eigenvalue weighted by Crippen LogP contribution is 2.37. The van der Waals surface area contributed by atoms with Crippen molar-refractivity contribution in [2.45, 2.75) is 20.1 Å². The molecule has 128 valence electrons. The minimum Gasteiger partial charge on any atom is -0.493 e. The lowest BCUT2D eigenvalue weighted by molar-refractivity contribution is -0.135. The molecule has 0 fully saturated rings. The van der Waals surface area contributed by atoms with Gasteiger partial charge in [0, 0.05) is 6.54 Å². The number of aryl methyl sites for hydroxylation is 1. The first-order valence-electron chi connectivity index (χ1n) is 7.47. The number of hydrogen-bond donors (Lipinski definition) is 2. The Morgan fingerprint density at radius 1 is 1.25 bits per heavy atom. The van der Waals surface area contributed by atoms with Crippen molar-refractivity contribution in [1.82, 2.24) is 5.32 Å². The zero-order chi connectivity index (χ0) is 17.5. The van der Waals surface area contributed by atoms with Crippen molar-refractivity contribution in [1.29, 1.82) is 0 Å². The van der Waals surface area contributed by atoms with Crippen molar-refractivity contribution in [3.63, 3.8) is 0 Å². The fourth-order valence-electron chi connectivity index (χ4n) is 2.29. The summed E-state index contributed by atoms with van der Waals surface area (Å²) in [6.07, 6.45) is 0. The topological polar surface area (TPSA) is 67.8 Å². The lowest BCUT2D eigenvalue weighted by atomic mass is 10.1. The van der Waals surface area contributed by atoms with Crippen LogP contribution in [0.1, 0.15) is 16.7 Å². The van der Waals surface area contributed by atoms with Gasteiger partial charge in [-0.1, -0.05) is 41.4 Å². The molecule has 0 saturated carbocycles. The van der Waals surface area contributed by atoms with Gasteiger partial charge in [0.1, 0.15) is 6.61 Å². The highest BCUT2D eigenvalue weighted by molar-refractivity contribution is 6.32. The minimum absolute atomic E-state index is 0.119. The molecule has 2 N–H and O–H groups in total. The van der Waals surface area contributed by atoms with E-state index in [0.29, 0.717) is 29.7 Å². The molecule has 5 nitrogen and oxygen atoms in total. The predicted molar refractivity (Wildman–Crippen MR) is 92.9 cm³/mol. The van der Waals surface area contributed by atoms with Gasteiger partial charge in [0.15, 0.2) is 11.5 Å². The Kier molecular flexibility index (Phi) is 6.46. The molecule has 0 aliphatic rings. The molecule has 2 aromatic rings. The van der Waals surface area contributed by atoms with Gasteiger partial charge in [-0.15, -0.1) is 0 Å². The van der Waals surface area contributed by atoms with E-state index in [1.807, 2.05) is 31.2 Å². The van der Waals surface area contributed by atoms with Crippen LogP contribution >= 0.6 is 11.6 Å². The van der Waals surface area contributed by atoms with Gasteiger partial charge < -0.3 is 19.9 Å². The number of benzene rings is 2. The highest BCUT2D eigenvalue weighted by atomic mass is 35.5. The highest BCUT2D eigenvalue weighted by Gasteiger charge is 2.12. The summed E-state index contributed by atoms with van der Waals surface area (Å²) in [7, 11) is 1.54. The quantitative estimate of drug-likeness (QED) is 0.764. The monoisotopic (exact) mass is 349 g/mol. The number of carboxylic acids is 1. The van der Waals surface area contributed by atoms with Crippen LogP contribution in [0.4, 0.5) is 0 Å². The second-order valence-corrected chi connectivity index (χ2v) is 5.79. The Hall–Kier alpha value is -2.24. The van der Waals surface area contributed by atoms with Gasteiger partial charge in [0.05, 0.1) is 18.7 Å². The van der Waals surface area contributed by atoms with Crippen LogP contribution in [0.25, 0.3) is 0 Å². The van der Waals surface area contributed by atoms with Crippen LogP contribution in [0.15, 0.2) is 36.4 Å². The fourth-order valence-corrected chi connectivity index (χ4v) is 2.57. The SMILES string of the molecule is COc1cc(CNCC(=O)O)cc(Cl)c1OCc1cccc(C)c1. The van der Waals surface area contributed by atoms with E-state index in [0.717, 1.165) is 16.7 Å². The van der Waals surface area contributed by atoms with Gasteiger partial charge in [-0.3, -0.25) is 4.79 Å². The van der Waals surface area contributed by atoms with Crippen LogP contribution in [-0.2, 0) is 17.9 Å². The number of methoxy groups -OCH3 is 1. The Balaban J connectivity index is 2.10. The molecule has 0 bridgehead atoms. The van der Waals surface area contributed by atoms with Crippen LogP contribution in [0.3, 0.4) is 0 Å². The first-order valence-corrected chi connectivity index (χ1v) is 7.84. The van der Waals surface area contributed by atoms with Gasteiger partial charge >= 0.3 is 5.97 Å². The standard InChI is InChI=1S/C18H20ClNO4/c1-12-4-3-5-13(6-12)11-24-18-15(19)7-14(8-16(18)23-2)9-20-10-17(21)22/h3-8,20H,9-11H2,1-2H3,(H,21,22). The summed E-state index contributed by atoms with van der Waals surface area (Å²) < 4.78 is 11.2. The molecule has 24 heavy (non-hydrogen) atoms. The summed E-state index contributed by atoms with van der Waals surface area (Å²) in [6.45, 7) is 2.66. The Morgan fingerprint density at radius 3 is 2.71 bits per heavy atom. The van der Waals surface area contributed by atoms with E-state index < -0.39 is 5.97 Å². The third kappa shape index (κ3) is 5.15. The zero-order valence-electron chi connectivity index (χ0n) is 13.6. The number of carboxylic acid groups (broad SMARTS) is 1. The predicted octanol–water partition coefficient (Wildman–Crippen LogP) is 3.41. The maximum atomic E-state index is 10.5. The molecule has 0 radical (unpaired) electrons. The number of ether oxygens (including phenoxy) is 2. The van der Waals surface area contributed by atoms with Crippen molar-refractivity contribution in [3.05, 3.63) is 58.1 Å². The number of aliphatic carboxylic acids is 1. The van der Waals surface area contributed by atoms with E-state index in [2.05, 4.69) is 5.32 Å². The van der Waals surface area contributed by atoms with Crippen molar-refractivity contribution >= 4 is 17.6 Å². The molecular formula is C18H20ClNO4. The average Bonchev–Trinajstić information content (AvgIpc) is 2.53. The molecule has 0 saturated heterocycles. The second kappa shape index (κ2) is 8.57. The molecule has 0 aliphatic heterocycles. The number of halogens is 1. The van der Waals surface area contributed by atoms with E-state index in [1.54, 1.807) is 19.2 Å². The van der Waals surface area contributed by atoms with E-state index >= 15 is 0 Å². The van der Waals surface area contributed by atoms with E-state index in [1.165, 1.54) is 0 Å². The molecule has 0 aromatic heterocycles. The summed E-state index contributed by atoms with van der Waals surface area (Å²) in [6, 6.07) is 11.6. The van der Waals surface area contributed by atoms with Crippen LogP contribution < -0.4 is 14.8 Å². The minimum atomic E-state index is -0.911. The normalized spacial score (nSPS) is 10.5.